The van der Waals surface area contributed by atoms with Crippen molar-refractivity contribution in [3.05, 3.63) is 46.5 Å². The van der Waals surface area contributed by atoms with Crippen LogP contribution in [0.25, 0.3) is 0 Å². The summed E-state index contributed by atoms with van der Waals surface area (Å²) in [5.41, 5.74) is 0.874. The molecule has 0 spiro atoms. The summed E-state index contributed by atoms with van der Waals surface area (Å²) in [6, 6.07) is 7.19. The SMILES string of the molecule is C=C(Cl)CC1S/C(=N\N=C\c2ccc(Cl)cc2)NC1=O. The van der Waals surface area contributed by atoms with Gasteiger partial charge in [0.2, 0.25) is 5.91 Å². The van der Waals surface area contributed by atoms with Gasteiger partial charge < -0.3 is 5.32 Å². The lowest BCUT2D eigenvalue weighted by Gasteiger charge is -2.00. The highest BCUT2D eigenvalue weighted by atomic mass is 35.5. The minimum atomic E-state index is -0.288. The Labute approximate surface area is 130 Å². The molecule has 0 radical (unpaired) electrons. The average Bonchev–Trinajstić information content (AvgIpc) is 2.72. The zero-order valence-corrected chi connectivity index (χ0v) is 12.7. The average molecular weight is 328 g/mol. The van der Waals surface area contributed by atoms with Crippen LogP contribution in [0.4, 0.5) is 0 Å². The van der Waals surface area contributed by atoms with E-state index in [2.05, 4.69) is 22.1 Å². The smallest absolute Gasteiger partial charge is 0.239 e. The molecule has 0 saturated carbocycles. The molecule has 7 heteroatoms. The molecule has 104 valence electrons. The van der Waals surface area contributed by atoms with Gasteiger partial charge in [0.25, 0.3) is 0 Å². The molecule has 1 N–H and O–H groups in total. The number of allylic oxidation sites excluding steroid dienone is 1. The molecule has 1 aliphatic heterocycles. The maximum Gasteiger partial charge on any atom is 0.239 e. The summed E-state index contributed by atoms with van der Waals surface area (Å²) in [4.78, 5) is 11.6. The van der Waals surface area contributed by atoms with E-state index in [9.17, 15) is 4.79 Å². The zero-order valence-electron chi connectivity index (χ0n) is 10.3. The van der Waals surface area contributed by atoms with E-state index < -0.39 is 0 Å². The van der Waals surface area contributed by atoms with E-state index in [4.69, 9.17) is 23.2 Å². The Kier molecular flexibility index (Phi) is 5.23. The van der Waals surface area contributed by atoms with Crippen LogP contribution in [0.2, 0.25) is 5.02 Å². The first-order valence-electron chi connectivity index (χ1n) is 5.72. The van der Waals surface area contributed by atoms with E-state index in [1.54, 1.807) is 18.3 Å². The van der Waals surface area contributed by atoms with Crippen molar-refractivity contribution in [1.82, 2.24) is 5.32 Å². The maximum absolute atomic E-state index is 11.6. The predicted octanol–water partition coefficient (Wildman–Crippen LogP) is 3.40. The molecule has 1 aliphatic rings. The maximum atomic E-state index is 11.6. The Balaban J connectivity index is 1.97. The van der Waals surface area contributed by atoms with Crippen LogP contribution in [0.5, 0.6) is 0 Å². The van der Waals surface area contributed by atoms with Crippen molar-refractivity contribution in [2.24, 2.45) is 10.2 Å². The summed E-state index contributed by atoms with van der Waals surface area (Å²) in [5, 5.41) is 11.8. The number of hydrogen-bond acceptors (Lipinski definition) is 4. The predicted molar refractivity (Wildman–Crippen MR) is 85.6 cm³/mol. The number of benzene rings is 1. The summed E-state index contributed by atoms with van der Waals surface area (Å²) >= 11 is 12.8. The van der Waals surface area contributed by atoms with Crippen molar-refractivity contribution < 1.29 is 4.79 Å². The molecular formula is C13H11Cl2N3OS. The number of nitrogens with one attached hydrogen (secondary N) is 1. The number of nitrogens with zero attached hydrogens (tertiary/aromatic N) is 2. The second kappa shape index (κ2) is 6.92. The fourth-order valence-corrected chi connectivity index (χ4v) is 2.83. The minimum Gasteiger partial charge on any atom is -0.303 e. The lowest BCUT2D eigenvalue weighted by Crippen LogP contribution is -2.24. The van der Waals surface area contributed by atoms with E-state index in [0.29, 0.717) is 21.6 Å². The van der Waals surface area contributed by atoms with Gasteiger partial charge in [0.05, 0.1) is 11.5 Å². The first-order chi connectivity index (χ1) is 9.54. The van der Waals surface area contributed by atoms with Gasteiger partial charge in [0.15, 0.2) is 5.17 Å². The highest BCUT2D eigenvalue weighted by Crippen LogP contribution is 2.26. The van der Waals surface area contributed by atoms with Crippen LogP contribution in [0.1, 0.15) is 12.0 Å². The summed E-state index contributed by atoms with van der Waals surface area (Å²) in [6.07, 6.45) is 2.00. The van der Waals surface area contributed by atoms with Gasteiger partial charge in [-0.2, -0.15) is 5.10 Å². The highest BCUT2D eigenvalue weighted by molar-refractivity contribution is 8.15. The van der Waals surface area contributed by atoms with Gasteiger partial charge in [-0.05, 0) is 17.7 Å². The van der Waals surface area contributed by atoms with E-state index >= 15 is 0 Å². The van der Waals surface area contributed by atoms with Crippen molar-refractivity contribution in [3.63, 3.8) is 0 Å². The normalized spacial score (nSPS) is 20.6. The van der Waals surface area contributed by atoms with Crippen LogP contribution in [0.15, 0.2) is 46.1 Å². The number of rotatable bonds is 4. The highest BCUT2D eigenvalue weighted by Gasteiger charge is 2.30. The number of hydrogen-bond donors (Lipinski definition) is 1. The summed E-state index contributed by atoms with van der Waals surface area (Å²) in [6.45, 7) is 3.58. The van der Waals surface area contributed by atoms with Gasteiger partial charge in [-0.25, -0.2) is 0 Å². The number of halogens is 2. The minimum absolute atomic E-state index is 0.128. The van der Waals surface area contributed by atoms with Crippen molar-refractivity contribution in [2.75, 3.05) is 0 Å². The number of thioether (sulfide) groups is 1. The molecule has 0 aromatic heterocycles. The number of carbonyl (C=O) groups is 1. The lowest BCUT2D eigenvalue weighted by molar-refractivity contribution is -0.118. The third-order valence-electron chi connectivity index (χ3n) is 2.41. The number of amides is 1. The van der Waals surface area contributed by atoms with E-state index in [0.717, 1.165) is 5.56 Å². The van der Waals surface area contributed by atoms with Crippen LogP contribution in [0.3, 0.4) is 0 Å². The molecule has 1 unspecified atom stereocenters. The molecule has 1 aromatic rings. The third-order valence-corrected chi connectivity index (χ3v) is 3.89. The third kappa shape index (κ3) is 4.37. The monoisotopic (exact) mass is 327 g/mol. The Hall–Kier alpha value is -1.30. The Morgan fingerprint density at radius 3 is 2.80 bits per heavy atom. The summed E-state index contributed by atoms with van der Waals surface area (Å²) < 4.78 is 0. The van der Waals surface area contributed by atoms with Gasteiger partial charge in [-0.1, -0.05) is 53.7 Å². The Morgan fingerprint density at radius 1 is 1.45 bits per heavy atom. The molecule has 0 bridgehead atoms. The van der Waals surface area contributed by atoms with Crippen LogP contribution in [0, 0.1) is 0 Å². The summed E-state index contributed by atoms with van der Waals surface area (Å²) in [5.74, 6) is -0.128. The second-order valence-corrected chi connectivity index (χ2v) is 6.18. The largest absolute Gasteiger partial charge is 0.303 e. The molecule has 0 aliphatic carbocycles. The van der Waals surface area contributed by atoms with Crippen molar-refractivity contribution >= 4 is 52.3 Å². The Bertz CT molecular complexity index is 584. The van der Waals surface area contributed by atoms with Gasteiger partial charge >= 0.3 is 0 Å². The van der Waals surface area contributed by atoms with Crippen LogP contribution >= 0.6 is 35.0 Å². The van der Waals surface area contributed by atoms with Gasteiger partial charge in [-0.3, -0.25) is 4.79 Å². The zero-order chi connectivity index (χ0) is 14.5. The Morgan fingerprint density at radius 2 is 2.15 bits per heavy atom. The van der Waals surface area contributed by atoms with Crippen molar-refractivity contribution in [1.29, 1.82) is 0 Å². The molecule has 1 saturated heterocycles. The molecule has 1 atom stereocenters. The second-order valence-electron chi connectivity index (χ2n) is 4.02. The molecule has 1 aromatic carbocycles. The standard InChI is InChI=1S/C13H11Cl2N3OS/c1-8(14)6-11-12(19)17-13(20-11)18-16-7-9-2-4-10(15)5-3-9/h2-5,7,11H,1,6H2,(H,17,18,19)/b16-7+. The molecule has 4 nitrogen and oxygen atoms in total. The van der Waals surface area contributed by atoms with E-state index in [1.807, 2.05) is 12.1 Å². The van der Waals surface area contributed by atoms with Crippen molar-refractivity contribution in [3.8, 4) is 0 Å². The molecule has 2 rings (SSSR count). The first-order valence-corrected chi connectivity index (χ1v) is 7.35. The molecule has 1 amide bonds. The first kappa shape index (κ1) is 15.1. The number of amidine groups is 1. The lowest BCUT2D eigenvalue weighted by atomic mass is 10.2. The molecule has 1 heterocycles. The molecular weight excluding hydrogens is 317 g/mol. The van der Waals surface area contributed by atoms with Gasteiger partial charge in [0.1, 0.15) is 0 Å². The fourth-order valence-electron chi connectivity index (χ4n) is 1.48. The fraction of sp³-hybridized carbons (Fsp3) is 0.154. The van der Waals surface area contributed by atoms with E-state index in [-0.39, 0.29) is 11.2 Å². The number of carbonyl (C=O) groups excluding carboxylic acids is 1. The van der Waals surface area contributed by atoms with E-state index in [1.165, 1.54) is 11.8 Å². The molecule has 1 fully saturated rings. The quantitative estimate of drug-likeness (QED) is 0.680. The van der Waals surface area contributed by atoms with Gasteiger partial charge in [-0.15, -0.1) is 5.10 Å². The topological polar surface area (TPSA) is 53.8 Å². The molecule has 20 heavy (non-hydrogen) atoms. The van der Waals surface area contributed by atoms with Gasteiger partial charge in [0, 0.05) is 16.5 Å². The summed E-state index contributed by atoms with van der Waals surface area (Å²) in [7, 11) is 0. The van der Waals surface area contributed by atoms with Crippen molar-refractivity contribution in [2.45, 2.75) is 11.7 Å². The van der Waals surface area contributed by atoms with Crippen LogP contribution in [-0.4, -0.2) is 22.5 Å². The van der Waals surface area contributed by atoms with Crippen LogP contribution < -0.4 is 5.32 Å². The van der Waals surface area contributed by atoms with Crippen LogP contribution in [-0.2, 0) is 4.79 Å².